The third kappa shape index (κ3) is 8.99. The van der Waals surface area contributed by atoms with E-state index in [0.29, 0.717) is 25.3 Å². The Morgan fingerprint density at radius 2 is 1.84 bits per heavy atom. The Bertz CT molecular complexity index is 491. The molecule has 8 heteroatoms. The van der Waals surface area contributed by atoms with Gasteiger partial charge in [-0.1, -0.05) is 45.4 Å². The van der Waals surface area contributed by atoms with Gasteiger partial charge >= 0.3 is 0 Å². The molecule has 3 unspecified atom stereocenters. The lowest BCUT2D eigenvalue weighted by atomic mass is 9.83. The van der Waals surface area contributed by atoms with Crippen LogP contribution >= 0.6 is 0 Å². The lowest BCUT2D eigenvalue weighted by Crippen LogP contribution is -2.51. The van der Waals surface area contributed by atoms with Gasteiger partial charge in [0.1, 0.15) is 6.10 Å². The van der Waals surface area contributed by atoms with E-state index in [2.05, 4.69) is 10.0 Å². The molecule has 4 N–H and O–H groups in total. The van der Waals surface area contributed by atoms with Crippen LogP contribution in [0, 0.1) is 5.92 Å². The molecule has 3 atom stereocenters. The van der Waals surface area contributed by atoms with Crippen LogP contribution in [0.3, 0.4) is 0 Å². The normalized spacial score (nSPS) is 20.0. The van der Waals surface area contributed by atoms with E-state index in [9.17, 15) is 23.4 Å². The van der Waals surface area contributed by atoms with Crippen molar-refractivity contribution < 1.29 is 23.4 Å². The number of aliphatic hydroxyl groups excluding tert-OH is 2. The van der Waals surface area contributed by atoms with Crippen LogP contribution in [0.4, 0.5) is 0 Å². The van der Waals surface area contributed by atoms with E-state index in [-0.39, 0.29) is 5.91 Å². The van der Waals surface area contributed by atoms with Gasteiger partial charge in [0.15, 0.2) is 0 Å². The number of rotatable bonds is 11. The maximum absolute atomic E-state index is 12.0. The van der Waals surface area contributed by atoms with Crippen LogP contribution in [0.1, 0.15) is 65.2 Å². The van der Waals surface area contributed by atoms with Crippen molar-refractivity contribution in [3.63, 3.8) is 0 Å². The topological polar surface area (TPSA) is 116 Å². The SMILES string of the molecule is CCCCNS(=O)(=O)CC(O)C(O)C(CC1CCCCC1)NC(C)=O. The number of hydrogen-bond donors (Lipinski definition) is 4. The van der Waals surface area contributed by atoms with E-state index in [4.69, 9.17) is 0 Å². The summed E-state index contributed by atoms with van der Waals surface area (Å²) in [6.07, 6.45) is 4.92. The lowest BCUT2D eigenvalue weighted by molar-refractivity contribution is -0.121. The van der Waals surface area contributed by atoms with Crippen molar-refractivity contribution in [3.8, 4) is 0 Å². The van der Waals surface area contributed by atoms with Crippen molar-refractivity contribution >= 4 is 15.9 Å². The van der Waals surface area contributed by atoms with Gasteiger partial charge in [-0.2, -0.15) is 0 Å². The van der Waals surface area contributed by atoms with Gasteiger partial charge in [-0.05, 0) is 18.8 Å². The van der Waals surface area contributed by atoms with Crippen LogP contribution < -0.4 is 10.0 Å². The highest BCUT2D eigenvalue weighted by Gasteiger charge is 2.32. The van der Waals surface area contributed by atoms with Crippen molar-refractivity contribution in [1.82, 2.24) is 10.0 Å². The zero-order valence-electron chi connectivity index (χ0n) is 15.4. The Kier molecular flexibility index (Phi) is 9.92. The highest BCUT2D eigenvalue weighted by atomic mass is 32.2. The maximum Gasteiger partial charge on any atom is 0.217 e. The summed E-state index contributed by atoms with van der Waals surface area (Å²) in [6, 6.07) is -0.638. The van der Waals surface area contributed by atoms with Crippen LogP contribution in [-0.4, -0.2) is 55.1 Å². The Balaban J connectivity index is 2.64. The van der Waals surface area contributed by atoms with Gasteiger partial charge in [-0.15, -0.1) is 0 Å². The lowest BCUT2D eigenvalue weighted by Gasteiger charge is -2.31. The smallest absolute Gasteiger partial charge is 0.217 e. The number of aliphatic hydroxyl groups is 2. The van der Waals surface area contributed by atoms with E-state index < -0.39 is 34.0 Å². The Morgan fingerprint density at radius 3 is 2.40 bits per heavy atom. The molecule has 1 fully saturated rings. The molecule has 0 aromatic rings. The van der Waals surface area contributed by atoms with Gasteiger partial charge < -0.3 is 15.5 Å². The van der Waals surface area contributed by atoms with Gasteiger partial charge in [0, 0.05) is 13.5 Å². The maximum atomic E-state index is 12.0. The first-order valence-corrected chi connectivity index (χ1v) is 11.0. The largest absolute Gasteiger partial charge is 0.389 e. The molecule has 25 heavy (non-hydrogen) atoms. The van der Waals surface area contributed by atoms with Gasteiger partial charge in [0.05, 0.1) is 17.9 Å². The first kappa shape index (κ1) is 22.3. The highest BCUT2D eigenvalue weighted by molar-refractivity contribution is 7.89. The van der Waals surface area contributed by atoms with E-state index in [1.54, 1.807) is 0 Å². The molecular weight excluding hydrogens is 344 g/mol. The minimum Gasteiger partial charge on any atom is -0.389 e. The minimum atomic E-state index is -3.67. The van der Waals surface area contributed by atoms with E-state index in [0.717, 1.165) is 32.1 Å². The standard InChI is InChI=1S/C17H34N2O5S/c1-3-4-10-18-25(23,24)12-16(21)17(22)15(19-13(2)20)11-14-8-6-5-7-9-14/h14-18,21-22H,3-12H2,1-2H3,(H,19,20). The molecule has 1 aliphatic rings. The molecule has 0 aliphatic heterocycles. The monoisotopic (exact) mass is 378 g/mol. The Labute approximate surface area is 151 Å². The fraction of sp³-hybridized carbons (Fsp3) is 0.941. The van der Waals surface area contributed by atoms with Crippen molar-refractivity contribution in [2.24, 2.45) is 5.92 Å². The predicted molar refractivity (Wildman–Crippen MR) is 97.5 cm³/mol. The van der Waals surface area contributed by atoms with Gasteiger partial charge in [-0.3, -0.25) is 4.79 Å². The van der Waals surface area contributed by atoms with Crippen LogP contribution in [-0.2, 0) is 14.8 Å². The summed E-state index contributed by atoms with van der Waals surface area (Å²) in [5.41, 5.74) is 0. The molecule has 1 saturated carbocycles. The van der Waals surface area contributed by atoms with Crippen LogP contribution in [0.5, 0.6) is 0 Å². The predicted octanol–water partition coefficient (Wildman–Crippen LogP) is 0.903. The van der Waals surface area contributed by atoms with Gasteiger partial charge in [-0.25, -0.2) is 13.1 Å². The van der Waals surface area contributed by atoms with Crippen LogP contribution in [0.2, 0.25) is 0 Å². The average Bonchev–Trinajstić information content (AvgIpc) is 2.53. The van der Waals surface area contributed by atoms with Gasteiger partial charge in [0.2, 0.25) is 15.9 Å². The fourth-order valence-electron chi connectivity index (χ4n) is 3.38. The molecule has 0 saturated heterocycles. The summed E-state index contributed by atoms with van der Waals surface area (Å²) in [6.45, 7) is 3.63. The second-order valence-corrected chi connectivity index (χ2v) is 8.99. The number of sulfonamides is 1. The highest BCUT2D eigenvalue weighted by Crippen LogP contribution is 2.28. The number of hydrogen-bond acceptors (Lipinski definition) is 5. The summed E-state index contributed by atoms with van der Waals surface area (Å²) in [7, 11) is -3.67. The van der Waals surface area contributed by atoms with E-state index in [1.807, 2.05) is 6.92 Å². The van der Waals surface area contributed by atoms with E-state index in [1.165, 1.54) is 13.3 Å². The van der Waals surface area contributed by atoms with Crippen molar-refractivity contribution in [2.75, 3.05) is 12.3 Å². The molecule has 1 rings (SSSR count). The van der Waals surface area contributed by atoms with Crippen LogP contribution in [0.15, 0.2) is 0 Å². The molecule has 0 radical (unpaired) electrons. The van der Waals surface area contributed by atoms with Crippen LogP contribution in [0.25, 0.3) is 0 Å². The first-order valence-electron chi connectivity index (χ1n) is 9.35. The molecule has 0 aromatic carbocycles. The number of unbranched alkanes of at least 4 members (excludes halogenated alkanes) is 1. The van der Waals surface area contributed by atoms with Crippen molar-refractivity contribution in [2.45, 2.75) is 83.5 Å². The summed E-state index contributed by atoms with van der Waals surface area (Å²) in [5.74, 6) is -0.485. The summed E-state index contributed by atoms with van der Waals surface area (Å²) >= 11 is 0. The fourth-order valence-corrected chi connectivity index (χ4v) is 4.60. The minimum absolute atomic E-state index is 0.295. The molecule has 148 valence electrons. The number of amides is 1. The third-order valence-corrected chi connectivity index (χ3v) is 6.17. The number of nitrogens with one attached hydrogen (secondary N) is 2. The summed E-state index contributed by atoms with van der Waals surface area (Å²) < 4.78 is 26.4. The molecule has 0 spiro atoms. The molecule has 7 nitrogen and oxygen atoms in total. The Hall–Kier alpha value is -0.700. The second-order valence-electron chi connectivity index (χ2n) is 7.13. The zero-order chi connectivity index (χ0) is 18.9. The number of carbonyl (C=O) groups is 1. The van der Waals surface area contributed by atoms with Crippen molar-refractivity contribution in [1.29, 1.82) is 0 Å². The van der Waals surface area contributed by atoms with Gasteiger partial charge in [0.25, 0.3) is 0 Å². The Morgan fingerprint density at radius 1 is 1.20 bits per heavy atom. The molecule has 0 heterocycles. The quantitative estimate of drug-likeness (QED) is 0.399. The molecule has 0 aromatic heterocycles. The second kappa shape index (κ2) is 11.1. The molecule has 1 aliphatic carbocycles. The number of carbonyl (C=O) groups excluding carboxylic acids is 1. The molecular formula is C17H34N2O5S. The van der Waals surface area contributed by atoms with E-state index >= 15 is 0 Å². The van der Waals surface area contributed by atoms with Crippen molar-refractivity contribution in [3.05, 3.63) is 0 Å². The summed E-state index contributed by atoms with van der Waals surface area (Å²) in [4.78, 5) is 11.4. The first-order chi connectivity index (χ1) is 11.7. The zero-order valence-corrected chi connectivity index (χ0v) is 16.2. The molecule has 1 amide bonds. The average molecular weight is 379 g/mol. The third-order valence-electron chi connectivity index (χ3n) is 4.75. The summed E-state index contributed by atoms with van der Waals surface area (Å²) in [5, 5.41) is 23.3. The molecule has 0 bridgehead atoms.